The fraction of sp³-hybridized carbons (Fsp3) is 0.0833. The Bertz CT molecular complexity index is 592. The van der Waals surface area contributed by atoms with E-state index in [-0.39, 0.29) is 4.90 Å². The summed E-state index contributed by atoms with van der Waals surface area (Å²) in [6.07, 6.45) is 1.61. The van der Waals surface area contributed by atoms with Crippen LogP contribution in [0.3, 0.4) is 0 Å². The first-order chi connectivity index (χ1) is 8.08. The van der Waals surface area contributed by atoms with Crippen LogP contribution < -0.4 is 4.72 Å². The number of sulfonamides is 1. The second-order valence-corrected chi connectivity index (χ2v) is 5.32. The maximum Gasteiger partial charge on any atom is 0.263 e. The molecule has 0 spiro atoms. The third kappa shape index (κ3) is 2.82. The molecule has 17 heavy (non-hydrogen) atoms. The first kappa shape index (κ1) is 11.6. The van der Waals surface area contributed by atoms with Crippen LogP contribution in [0.5, 0.6) is 0 Å². The van der Waals surface area contributed by atoms with Crippen molar-refractivity contribution in [3.05, 3.63) is 54.2 Å². The summed E-state index contributed by atoms with van der Waals surface area (Å²) in [5.74, 6) is 0.319. The van der Waals surface area contributed by atoms with E-state index < -0.39 is 10.0 Å². The van der Waals surface area contributed by atoms with Crippen molar-refractivity contribution >= 4 is 15.8 Å². The highest BCUT2D eigenvalue weighted by Crippen LogP contribution is 2.13. The predicted octanol–water partition coefficient (Wildman–Crippen LogP) is 2.19. The number of anilines is 1. The van der Waals surface area contributed by atoms with Gasteiger partial charge in [0.25, 0.3) is 10.0 Å². The molecule has 2 aromatic rings. The minimum atomic E-state index is -3.54. The highest BCUT2D eigenvalue weighted by atomic mass is 32.2. The Labute approximate surface area is 100 Å². The lowest BCUT2D eigenvalue weighted by molar-refractivity contribution is 0.601. The van der Waals surface area contributed by atoms with Gasteiger partial charge in [-0.3, -0.25) is 4.72 Å². The molecule has 0 unspecified atom stereocenters. The molecule has 0 aliphatic carbocycles. The summed E-state index contributed by atoms with van der Waals surface area (Å²) in [6.45, 7) is 1.89. The Balaban J connectivity index is 2.27. The standard InChI is InChI=1S/C12H12N2O2S/c1-10-7-8-12(13-9-10)14-17(15,16)11-5-3-2-4-6-11/h2-9H,1H3,(H,13,14). The van der Waals surface area contributed by atoms with E-state index >= 15 is 0 Å². The quantitative estimate of drug-likeness (QED) is 0.905. The molecular weight excluding hydrogens is 236 g/mol. The number of hydrogen-bond donors (Lipinski definition) is 1. The minimum absolute atomic E-state index is 0.224. The minimum Gasteiger partial charge on any atom is -0.263 e. The summed E-state index contributed by atoms with van der Waals surface area (Å²) in [7, 11) is -3.54. The molecule has 0 fully saturated rings. The van der Waals surface area contributed by atoms with Crippen LogP contribution in [0.4, 0.5) is 5.82 Å². The van der Waals surface area contributed by atoms with E-state index in [1.807, 2.05) is 6.92 Å². The van der Waals surface area contributed by atoms with E-state index in [9.17, 15) is 8.42 Å². The molecule has 0 aliphatic rings. The maximum absolute atomic E-state index is 11.9. The summed E-state index contributed by atoms with van der Waals surface area (Å²) >= 11 is 0. The van der Waals surface area contributed by atoms with E-state index in [1.165, 1.54) is 12.1 Å². The van der Waals surface area contributed by atoms with Crippen LogP contribution in [0.2, 0.25) is 0 Å². The molecule has 0 saturated carbocycles. The zero-order valence-electron chi connectivity index (χ0n) is 9.29. The molecule has 0 atom stereocenters. The molecule has 5 heteroatoms. The van der Waals surface area contributed by atoms with Gasteiger partial charge in [0.1, 0.15) is 5.82 Å². The van der Waals surface area contributed by atoms with Gasteiger partial charge in [0.2, 0.25) is 0 Å². The number of aromatic nitrogens is 1. The van der Waals surface area contributed by atoms with Crippen LogP contribution >= 0.6 is 0 Å². The van der Waals surface area contributed by atoms with E-state index in [4.69, 9.17) is 0 Å². The maximum atomic E-state index is 11.9. The molecule has 0 bridgehead atoms. The molecule has 4 nitrogen and oxygen atoms in total. The number of hydrogen-bond acceptors (Lipinski definition) is 3. The zero-order chi connectivity index (χ0) is 12.3. The second kappa shape index (κ2) is 4.55. The Morgan fingerprint density at radius 2 is 1.76 bits per heavy atom. The highest BCUT2D eigenvalue weighted by molar-refractivity contribution is 7.92. The van der Waals surface area contributed by atoms with Crippen molar-refractivity contribution in [2.24, 2.45) is 0 Å². The topological polar surface area (TPSA) is 59.1 Å². The number of pyridine rings is 1. The number of nitrogens with zero attached hydrogens (tertiary/aromatic N) is 1. The SMILES string of the molecule is Cc1ccc(NS(=O)(=O)c2ccccc2)nc1. The predicted molar refractivity (Wildman–Crippen MR) is 66.2 cm³/mol. The van der Waals surface area contributed by atoms with Crippen LogP contribution in [0.1, 0.15) is 5.56 Å². The highest BCUT2D eigenvalue weighted by Gasteiger charge is 2.13. The average Bonchev–Trinajstić information content (AvgIpc) is 2.33. The fourth-order valence-electron chi connectivity index (χ4n) is 1.32. The smallest absolute Gasteiger partial charge is 0.263 e. The lowest BCUT2D eigenvalue weighted by Crippen LogP contribution is -2.13. The zero-order valence-corrected chi connectivity index (χ0v) is 10.1. The molecule has 0 aliphatic heterocycles. The fourth-order valence-corrected chi connectivity index (χ4v) is 2.35. The molecular formula is C12H12N2O2S. The third-order valence-electron chi connectivity index (χ3n) is 2.20. The van der Waals surface area contributed by atoms with Gasteiger partial charge in [-0.05, 0) is 30.7 Å². The van der Waals surface area contributed by atoms with Gasteiger partial charge >= 0.3 is 0 Å². The molecule has 0 amide bonds. The van der Waals surface area contributed by atoms with Gasteiger partial charge in [0.15, 0.2) is 0 Å². The van der Waals surface area contributed by atoms with Gasteiger partial charge in [-0.2, -0.15) is 0 Å². The van der Waals surface area contributed by atoms with Gasteiger partial charge in [0, 0.05) is 6.20 Å². The van der Waals surface area contributed by atoms with E-state index in [0.717, 1.165) is 5.56 Å². The second-order valence-electron chi connectivity index (χ2n) is 3.64. The lowest BCUT2D eigenvalue weighted by atomic mass is 10.3. The number of aryl methyl sites for hydroxylation is 1. The van der Waals surface area contributed by atoms with E-state index in [2.05, 4.69) is 9.71 Å². The molecule has 0 saturated heterocycles. The van der Waals surface area contributed by atoms with Gasteiger partial charge in [0.05, 0.1) is 4.90 Å². The Hall–Kier alpha value is -1.88. The van der Waals surface area contributed by atoms with Crippen molar-refractivity contribution in [2.45, 2.75) is 11.8 Å². The van der Waals surface area contributed by atoms with Gasteiger partial charge in [-0.25, -0.2) is 13.4 Å². The molecule has 2 rings (SSSR count). The molecule has 0 radical (unpaired) electrons. The van der Waals surface area contributed by atoms with Crippen molar-refractivity contribution in [2.75, 3.05) is 4.72 Å². The normalized spacial score (nSPS) is 11.1. The summed E-state index contributed by atoms with van der Waals surface area (Å²) < 4.78 is 26.3. The number of benzene rings is 1. The Morgan fingerprint density at radius 3 is 2.35 bits per heavy atom. The van der Waals surface area contributed by atoms with Crippen molar-refractivity contribution in [1.29, 1.82) is 0 Å². The van der Waals surface area contributed by atoms with Crippen molar-refractivity contribution in [1.82, 2.24) is 4.98 Å². The van der Waals surface area contributed by atoms with E-state index in [0.29, 0.717) is 5.82 Å². The van der Waals surface area contributed by atoms with Crippen molar-refractivity contribution in [3.63, 3.8) is 0 Å². The molecule has 1 heterocycles. The van der Waals surface area contributed by atoms with Crippen LogP contribution in [0.25, 0.3) is 0 Å². The van der Waals surface area contributed by atoms with Crippen LogP contribution in [0.15, 0.2) is 53.6 Å². The molecule has 1 N–H and O–H groups in total. The van der Waals surface area contributed by atoms with Crippen LogP contribution in [0, 0.1) is 6.92 Å². The van der Waals surface area contributed by atoms with E-state index in [1.54, 1.807) is 36.5 Å². The summed E-state index contributed by atoms with van der Waals surface area (Å²) in [4.78, 5) is 4.22. The Morgan fingerprint density at radius 1 is 1.06 bits per heavy atom. The Kier molecular flexibility index (Phi) is 3.10. The lowest BCUT2D eigenvalue weighted by Gasteiger charge is -2.06. The summed E-state index contributed by atoms with van der Waals surface area (Å²) in [5, 5.41) is 0. The first-order valence-corrected chi connectivity index (χ1v) is 6.57. The molecule has 1 aromatic carbocycles. The summed E-state index contributed by atoms with van der Waals surface area (Å²) in [6, 6.07) is 11.6. The largest absolute Gasteiger partial charge is 0.263 e. The van der Waals surface area contributed by atoms with Crippen molar-refractivity contribution < 1.29 is 8.42 Å². The van der Waals surface area contributed by atoms with Gasteiger partial charge < -0.3 is 0 Å². The number of rotatable bonds is 3. The van der Waals surface area contributed by atoms with Crippen LogP contribution in [-0.4, -0.2) is 13.4 Å². The molecule has 88 valence electrons. The van der Waals surface area contributed by atoms with Crippen molar-refractivity contribution in [3.8, 4) is 0 Å². The van der Waals surface area contributed by atoms with Crippen LogP contribution in [-0.2, 0) is 10.0 Å². The number of nitrogens with one attached hydrogen (secondary N) is 1. The summed E-state index contributed by atoms with van der Waals surface area (Å²) in [5.41, 5.74) is 0.979. The monoisotopic (exact) mass is 248 g/mol. The third-order valence-corrected chi connectivity index (χ3v) is 3.57. The first-order valence-electron chi connectivity index (χ1n) is 5.08. The molecule has 1 aromatic heterocycles. The van der Waals surface area contributed by atoms with Gasteiger partial charge in [-0.15, -0.1) is 0 Å². The van der Waals surface area contributed by atoms with Gasteiger partial charge in [-0.1, -0.05) is 24.3 Å². The average molecular weight is 248 g/mol.